The molecule has 3 atom stereocenters. The molecule has 1 aliphatic carbocycles. The lowest BCUT2D eigenvalue weighted by atomic mass is 9.80. The Morgan fingerprint density at radius 2 is 1.59 bits per heavy atom. The van der Waals surface area contributed by atoms with Gasteiger partial charge in [-0.2, -0.15) is 0 Å². The molecule has 0 aliphatic heterocycles. The second-order valence-electron chi connectivity index (χ2n) is 6.40. The van der Waals surface area contributed by atoms with Crippen LogP contribution < -0.4 is 0 Å². The average molecular weight is 242 g/mol. The van der Waals surface area contributed by atoms with Crippen molar-refractivity contribution in [2.45, 2.75) is 77.9 Å². The van der Waals surface area contributed by atoms with Crippen LogP contribution in [0.3, 0.4) is 0 Å². The Hall–Kier alpha value is -0.0800. The smallest absolute Gasteiger partial charge is 0.0824 e. The molecular weight excluding hydrogens is 212 g/mol. The molecule has 0 aromatic rings. The second-order valence-corrected chi connectivity index (χ2v) is 6.40. The van der Waals surface area contributed by atoms with Crippen LogP contribution in [0.5, 0.6) is 0 Å². The van der Waals surface area contributed by atoms with E-state index in [2.05, 4.69) is 20.8 Å². The van der Waals surface area contributed by atoms with Gasteiger partial charge in [-0.3, -0.25) is 0 Å². The highest BCUT2D eigenvalue weighted by atomic mass is 16.3. The average Bonchev–Trinajstić information content (AvgIpc) is 2.28. The summed E-state index contributed by atoms with van der Waals surface area (Å²) in [6.07, 6.45) is 7.40. The monoisotopic (exact) mass is 242 g/mol. The van der Waals surface area contributed by atoms with Gasteiger partial charge in [0.15, 0.2) is 0 Å². The lowest BCUT2D eigenvalue weighted by molar-refractivity contribution is -0.0288. The van der Waals surface area contributed by atoms with Crippen molar-refractivity contribution in [1.29, 1.82) is 0 Å². The first kappa shape index (κ1) is 15.0. The topological polar surface area (TPSA) is 40.5 Å². The molecule has 0 aromatic carbocycles. The minimum Gasteiger partial charge on any atom is -0.390 e. The molecule has 2 nitrogen and oxygen atoms in total. The van der Waals surface area contributed by atoms with E-state index < -0.39 is 12.2 Å². The third-order valence-corrected chi connectivity index (χ3v) is 4.12. The van der Waals surface area contributed by atoms with E-state index in [1.54, 1.807) is 0 Å². The van der Waals surface area contributed by atoms with Crippen molar-refractivity contribution < 1.29 is 10.2 Å². The Morgan fingerprint density at radius 3 is 2.12 bits per heavy atom. The lowest BCUT2D eigenvalue weighted by Crippen LogP contribution is -2.34. The minimum absolute atomic E-state index is 0.229. The Labute approximate surface area is 106 Å². The molecule has 0 bridgehead atoms. The van der Waals surface area contributed by atoms with Gasteiger partial charge < -0.3 is 10.2 Å². The molecule has 1 fully saturated rings. The summed E-state index contributed by atoms with van der Waals surface area (Å²) in [5.41, 5.74) is 0. The molecule has 0 radical (unpaired) electrons. The second kappa shape index (κ2) is 7.38. The van der Waals surface area contributed by atoms with Gasteiger partial charge in [-0.25, -0.2) is 0 Å². The maximum absolute atomic E-state index is 10.1. The van der Waals surface area contributed by atoms with Gasteiger partial charge in [0, 0.05) is 0 Å². The van der Waals surface area contributed by atoms with E-state index >= 15 is 0 Å². The van der Waals surface area contributed by atoms with E-state index in [-0.39, 0.29) is 5.92 Å². The number of hydrogen-bond donors (Lipinski definition) is 2. The van der Waals surface area contributed by atoms with Gasteiger partial charge in [0.05, 0.1) is 12.2 Å². The highest BCUT2D eigenvalue weighted by Gasteiger charge is 2.26. The lowest BCUT2D eigenvalue weighted by Gasteiger charge is -2.29. The highest BCUT2D eigenvalue weighted by Crippen LogP contribution is 2.31. The number of hydrogen-bond acceptors (Lipinski definition) is 2. The summed E-state index contributed by atoms with van der Waals surface area (Å²) in [5, 5.41) is 20.1. The van der Waals surface area contributed by atoms with Crippen molar-refractivity contribution in [2.24, 2.45) is 17.8 Å². The van der Waals surface area contributed by atoms with Crippen LogP contribution >= 0.6 is 0 Å². The molecule has 1 saturated carbocycles. The molecule has 0 spiro atoms. The van der Waals surface area contributed by atoms with Gasteiger partial charge in [0.1, 0.15) is 0 Å². The van der Waals surface area contributed by atoms with E-state index in [9.17, 15) is 10.2 Å². The molecule has 0 amide bonds. The molecule has 102 valence electrons. The Bertz CT molecular complexity index is 197. The standard InChI is InChI=1S/C15H30O2/c1-11(2)9-14(16)15(17)12(3)10-13-7-5-4-6-8-13/h11-17H,4-10H2,1-3H3/t12-,14-,15+/m0/s1. The Kier molecular flexibility index (Phi) is 6.50. The zero-order valence-corrected chi connectivity index (χ0v) is 11.7. The summed E-state index contributed by atoms with van der Waals surface area (Å²) < 4.78 is 0. The zero-order chi connectivity index (χ0) is 12.8. The van der Waals surface area contributed by atoms with E-state index in [0.717, 1.165) is 12.3 Å². The van der Waals surface area contributed by atoms with Crippen molar-refractivity contribution >= 4 is 0 Å². The summed E-state index contributed by atoms with van der Waals surface area (Å²) >= 11 is 0. The zero-order valence-electron chi connectivity index (χ0n) is 11.7. The van der Waals surface area contributed by atoms with Crippen LogP contribution in [0, 0.1) is 17.8 Å². The van der Waals surface area contributed by atoms with E-state index in [0.29, 0.717) is 12.3 Å². The molecule has 17 heavy (non-hydrogen) atoms. The summed E-state index contributed by atoms with van der Waals surface area (Å²) in [6, 6.07) is 0. The summed E-state index contributed by atoms with van der Waals surface area (Å²) in [7, 11) is 0. The fourth-order valence-corrected chi connectivity index (χ4v) is 3.09. The predicted molar refractivity (Wildman–Crippen MR) is 71.8 cm³/mol. The largest absolute Gasteiger partial charge is 0.390 e. The molecule has 1 rings (SSSR count). The molecule has 2 N–H and O–H groups in total. The molecular formula is C15H30O2. The van der Waals surface area contributed by atoms with Crippen LogP contribution in [0.15, 0.2) is 0 Å². The SMILES string of the molecule is CC(C)C[C@H](O)[C@H](O)[C@@H](C)CC1CCCCC1. The van der Waals surface area contributed by atoms with E-state index in [4.69, 9.17) is 0 Å². The van der Waals surface area contributed by atoms with Crippen molar-refractivity contribution in [2.75, 3.05) is 0 Å². The number of rotatable bonds is 6. The van der Waals surface area contributed by atoms with Gasteiger partial charge >= 0.3 is 0 Å². The third kappa shape index (κ3) is 5.39. The van der Waals surface area contributed by atoms with Crippen LogP contribution in [0.4, 0.5) is 0 Å². The Balaban J connectivity index is 2.31. The number of aliphatic hydroxyl groups is 2. The molecule has 0 saturated heterocycles. The minimum atomic E-state index is -0.548. The van der Waals surface area contributed by atoms with E-state index in [1.807, 2.05) is 0 Å². The maximum Gasteiger partial charge on any atom is 0.0824 e. The fourth-order valence-electron chi connectivity index (χ4n) is 3.09. The van der Waals surface area contributed by atoms with Gasteiger partial charge in [-0.1, -0.05) is 52.9 Å². The fraction of sp³-hybridized carbons (Fsp3) is 1.00. The first-order chi connectivity index (χ1) is 8.00. The molecule has 1 aliphatic rings. The molecule has 0 heterocycles. The Morgan fingerprint density at radius 1 is 1.00 bits per heavy atom. The van der Waals surface area contributed by atoms with Crippen molar-refractivity contribution in [1.82, 2.24) is 0 Å². The predicted octanol–water partition coefficient (Wildman–Crippen LogP) is 3.36. The van der Waals surface area contributed by atoms with Crippen LogP contribution in [0.2, 0.25) is 0 Å². The summed E-state index contributed by atoms with van der Waals surface area (Å²) in [5.74, 6) is 1.45. The van der Waals surface area contributed by atoms with Crippen LogP contribution in [0.1, 0.15) is 65.7 Å². The summed E-state index contributed by atoms with van der Waals surface area (Å²) in [6.45, 7) is 6.26. The van der Waals surface area contributed by atoms with Gasteiger partial charge in [0.2, 0.25) is 0 Å². The molecule has 0 unspecified atom stereocenters. The normalized spacial score (nSPS) is 23.6. The van der Waals surface area contributed by atoms with Gasteiger partial charge in [-0.05, 0) is 30.6 Å². The van der Waals surface area contributed by atoms with E-state index in [1.165, 1.54) is 32.1 Å². The molecule has 0 aromatic heterocycles. The van der Waals surface area contributed by atoms with Crippen molar-refractivity contribution in [3.05, 3.63) is 0 Å². The van der Waals surface area contributed by atoms with Crippen LogP contribution in [0.25, 0.3) is 0 Å². The number of aliphatic hydroxyl groups excluding tert-OH is 2. The first-order valence-corrected chi connectivity index (χ1v) is 7.36. The summed E-state index contributed by atoms with van der Waals surface area (Å²) in [4.78, 5) is 0. The molecule has 2 heteroatoms. The third-order valence-electron chi connectivity index (χ3n) is 4.12. The van der Waals surface area contributed by atoms with Crippen LogP contribution in [-0.2, 0) is 0 Å². The van der Waals surface area contributed by atoms with Crippen molar-refractivity contribution in [3.63, 3.8) is 0 Å². The first-order valence-electron chi connectivity index (χ1n) is 7.36. The highest BCUT2D eigenvalue weighted by molar-refractivity contribution is 4.77. The quantitative estimate of drug-likeness (QED) is 0.750. The van der Waals surface area contributed by atoms with Crippen molar-refractivity contribution in [3.8, 4) is 0 Å². The van der Waals surface area contributed by atoms with Gasteiger partial charge in [0.25, 0.3) is 0 Å². The van der Waals surface area contributed by atoms with Gasteiger partial charge in [-0.15, -0.1) is 0 Å². The van der Waals surface area contributed by atoms with Crippen LogP contribution in [-0.4, -0.2) is 22.4 Å². The maximum atomic E-state index is 10.1.